The molecule has 1 aliphatic carbocycles. The van der Waals surface area contributed by atoms with Crippen molar-refractivity contribution in [3.63, 3.8) is 0 Å². The van der Waals surface area contributed by atoms with Crippen molar-refractivity contribution in [2.45, 2.75) is 6.42 Å². The van der Waals surface area contributed by atoms with E-state index >= 15 is 0 Å². The van der Waals surface area contributed by atoms with Gasteiger partial charge in [0.05, 0.1) is 0 Å². The van der Waals surface area contributed by atoms with Gasteiger partial charge in [0.1, 0.15) is 0 Å². The van der Waals surface area contributed by atoms with Crippen LogP contribution in [0.25, 0.3) is 10.8 Å². The molecule has 0 spiro atoms. The third kappa shape index (κ3) is 4.98. The van der Waals surface area contributed by atoms with Gasteiger partial charge in [0.2, 0.25) is 0 Å². The van der Waals surface area contributed by atoms with Crippen LogP contribution in [0.5, 0.6) is 0 Å². The fraction of sp³-hybridized carbons (Fsp3) is 0.0952. The molecule has 1 fully saturated rings. The van der Waals surface area contributed by atoms with E-state index in [-0.39, 0.29) is 58.6 Å². The van der Waals surface area contributed by atoms with Crippen LogP contribution >= 0.6 is 7.92 Å². The first kappa shape index (κ1) is 22.5. The van der Waals surface area contributed by atoms with Gasteiger partial charge < -0.3 is 24.8 Å². The van der Waals surface area contributed by atoms with Gasteiger partial charge in [0.15, 0.2) is 0 Å². The summed E-state index contributed by atoms with van der Waals surface area (Å²) < 4.78 is 0. The van der Waals surface area contributed by atoms with Crippen LogP contribution < -0.4 is 30.1 Å². The molecule has 0 N–H and O–H groups in total. The summed E-state index contributed by atoms with van der Waals surface area (Å²) in [6.07, 6.45) is 8.12. The second-order valence-electron chi connectivity index (χ2n) is 5.54. The van der Waals surface area contributed by atoms with Crippen LogP contribution in [0.4, 0.5) is 0 Å². The first-order valence-electron chi connectivity index (χ1n) is 7.65. The average Bonchev–Trinajstić information content (AvgIpc) is 3.16. The molecule has 124 valence electrons. The molecular weight excluding hydrogens is 533 g/mol. The zero-order valence-corrected chi connectivity index (χ0v) is 19.6. The quantitative estimate of drug-likeness (QED) is 0.216. The Labute approximate surface area is 182 Å². The second-order valence-corrected chi connectivity index (χ2v) is 7.67. The molecule has 0 radical (unpaired) electrons. The van der Waals surface area contributed by atoms with Gasteiger partial charge in [-0.2, -0.15) is 34.5 Å². The maximum absolute atomic E-state index is 3.46. The predicted octanol–water partition coefficient (Wildman–Crippen LogP) is -0.611. The van der Waals surface area contributed by atoms with Gasteiger partial charge in [-0.3, -0.25) is 6.08 Å². The van der Waals surface area contributed by atoms with Gasteiger partial charge >= 0.3 is 25.8 Å². The molecule has 3 aromatic rings. The maximum Gasteiger partial charge on any atom is 4.00 e. The molecule has 3 aromatic carbocycles. The predicted molar refractivity (Wildman–Crippen MR) is 96.9 cm³/mol. The smallest absolute Gasteiger partial charge is 1.00 e. The average molecular weight is 550 g/mol. The van der Waals surface area contributed by atoms with Crippen LogP contribution in [0, 0.1) is 6.08 Å². The SMILES string of the molecule is [C-]1=C2C(=CC1)CP2c1ccccc1.[Cl-].[Cl-].[Hf+4].c1ccc2[cH-]ccc2c1. The van der Waals surface area contributed by atoms with E-state index in [1.807, 2.05) is 0 Å². The molecule has 2 aliphatic rings. The van der Waals surface area contributed by atoms with Crippen molar-refractivity contribution in [1.29, 1.82) is 0 Å². The molecule has 25 heavy (non-hydrogen) atoms. The third-order valence-corrected chi connectivity index (χ3v) is 6.70. The minimum absolute atomic E-state index is 0. The Balaban J connectivity index is 0.000000234. The van der Waals surface area contributed by atoms with Crippen LogP contribution in [0.15, 0.2) is 89.8 Å². The second kappa shape index (κ2) is 10.5. The number of fused-ring (bicyclic) bond motifs is 2. The standard InChI is InChI=1S/C12H10P.C9H7.2ClH.Hf/c1-2-6-11(7-3-1)13-9-10-5-4-8-12(10)13;1-2-5-9-7-3-6-8(9)4-1;;;/h1-3,5-7H,4,9H2;1-7H;2*1H;/q2*-1;;;+4/p-2. The van der Waals surface area contributed by atoms with Gasteiger partial charge in [-0.1, -0.05) is 50.5 Å². The van der Waals surface area contributed by atoms with E-state index in [1.165, 1.54) is 27.6 Å². The Bertz CT molecular complexity index is 822. The number of allylic oxidation sites excluding steroid dienone is 4. The number of rotatable bonds is 1. The Morgan fingerprint density at radius 2 is 1.60 bits per heavy atom. The number of hydrogen-bond donors (Lipinski definition) is 0. The maximum atomic E-state index is 3.46. The topological polar surface area (TPSA) is 0 Å². The molecule has 5 rings (SSSR count). The van der Waals surface area contributed by atoms with Gasteiger partial charge in [-0.25, -0.2) is 0 Å². The van der Waals surface area contributed by atoms with E-state index in [1.54, 1.807) is 5.57 Å². The summed E-state index contributed by atoms with van der Waals surface area (Å²) in [7, 11) is 0.00399. The van der Waals surface area contributed by atoms with Crippen LogP contribution in [0.2, 0.25) is 0 Å². The Morgan fingerprint density at radius 1 is 0.880 bits per heavy atom. The molecule has 4 heteroatoms. The summed E-state index contributed by atoms with van der Waals surface area (Å²) in [5.41, 5.74) is 1.56. The van der Waals surface area contributed by atoms with Gasteiger partial charge in [0, 0.05) is 0 Å². The zero-order valence-electron chi connectivity index (χ0n) is 13.6. The Kier molecular flexibility index (Phi) is 9.46. The Hall–Kier alpha value is -0.590. The minimum atomic E-state index is 0. The largest absolute Gasteiger partial charge is 4.00 e. The van der Waals surface area contributed by atoms with Crippen molar-refractivity contribution in [3.8, 4) is 0 Å². The summed E-state index contributed by atoms with van der Waals surface area (Å²) in [4.78, 5) is 0. The number of halogens is 2. The van der Waals surface area contributed by atoms with Gasteiger partial charge in [0.25, 0.3) is 0 Å². The normalized spacial score (nSPS) is 16.4. The first-order chi connectivity index (χ1) is 10.9. The van der Waals surface area contributed by atoms with Gasteiger partial charge in [-0.15, -0.1) is 36.1 Å². The van der Waals surface area contributed by atoms with Crippen LogP contribution in [-0.2, 0) is 25.8 Å². The van der Waals surface area contributed by atoms with E-state index in [0.717, 1.165) is 6.42 Å². The zero-order chi connectivity index (χ0) is 14.8. The molecule has 1 saturated heterocycles. The van der Waals surface area contributed by atoms with Crippen molar-refractivity contribution in [2.24, 2.45) is 0 Å². The van der Waals surface area contributed by atoms with E-state index in [4.69, 9.17) is 0 Å². The van der Waals surface area contributed by atoms with Gasteiger partial charge in [-0.05, 0) is 5.30 Å². The third-order valence-electron chi connectivity index (χ3n) is 4.14. The molecule has 0 nitrogen and oxygen atoms in total. The summed E-state index contributed by atoms with van der Waals surface area (Å²) >= 11 is 0. The fourth-order valence-electron chi connectivity index (χ4n) is 2.95. The molecule has 1 aliphatic heterocycles. The van der Waals surface area contributed by atoms with E-state index in [0.29, 0.717) is 0 Å². The molecule has 1 atom stereocenters. The van der Waals surface area contributed by atoms with Crippen molar-refractivity contribution < 1.29 is 50.7 Å². The summed E-state index contributed by atoms with van der Waals surface area (Å²) in [5.74, 6) is 0. The molecule has 0 amide bonds. The van der Waals surface area contributed by atoms with Crippen molar-refractivity contribution in [2.75, 3.05) is 6.16 Å². The van der Waals surface area contributed by atoms with Crippen LogP contribution in [-0.4, -0.2) is 6.16 Å². The van der Waals surface area contributed by atoms with E-state index < -0.39 is 0 Å². The van der Waals surface area contributed by atoms with Crippen LogP contribution in [0.3, 0.4) is 0 Å². The molecular formula is C21H17Cl2HfP. The van der Waals surface area contributed by atoms with Crippen molar-refractivity contribution in [3.05, 3.63) is 95.8 Å². The Morgan fingerprint density at radius 3 is 2.32 bits per heavy atom. The summed E-state index contributed by atoms with van der Waals surface area (Å²) in [5, 5.41) is 5.70. The number of hydrogen-bond acceptors (Lipinski definition) is 0. The van der Waals surface area contributed by atoms with E-state index in [9.17, 15) is 0 Å². The van der Waals surface area contributed by atoms with Crippen molar-refractivity contribution >= 4 is 24.0 Å². The summed E-state index contributed by atoms with van der Waals surface area (Å²) in [6.45, 7) is 0. The monoisotopic (exact) mass is 550 g/mol. The fourth-order valence-corrected chi connectivity index (χ4v) is 5.23. The first-order valence-corrected chi connectivity index (χ1v) is 9.18. The van der Waals surface area contributed by atoms with Crippen LogP contribution in [0.1, 0.15) is 6.42 Å². The van der Waals surface area contributed by atoms with Crippen molar-refractivity contribution in [1.82, 2.24) is 0 Å². The molecule has 0 bridgehead atoms. The minimum Gasteiger partial charge on any atom is -1.00 e. The number of benzene rings is 2. The van der Waals surface area contributed by atoms with E-state index in [2.05, 4.69) is 84.9 Å². The summed E-state index contributed by atoms with van der Waals surface area (Å²) in [6, 6.07) is 25.5. The molecule has 0 aromatic heterocycles. The molecule has 1 unspecified atom stereocenters. The molecule has 0 saturated carbocycles. The molecule has 1 heterocycles.